The van der Waals surface area contributed by atoms with Crippen molar-refractivity contribution in [1.82, 2.24) is 9.97 Å². The van der Waals surface area contributed by atoms with Crippen LogP contribution < -0.4 is 9.80 Å². The first-order valence-corrected chi connectivity index (χ1v) is 7.16. The Morgan fingerprint density at radius 1 is 1.14 bits per heavy atom. The van der Waals surface area contributed by atoms with Crippen molar-refractivity contribution >= 4 is 11.8 Å². The largest absolute Gasteiger partial charge is 0.416 e. The lowest BCUT2D eigenvalue weighted by atomic mass is 10.2. The zero-order valence-electron chi connectivity index (χ0n) is 11.8. The van der Waals surface area contributed by atoms with Gasteiger partial charge in [-0.05, 0) is 12.8 Å². The van der Waals surface area contributed by atoms with Crippen LogP contribution >= 0.6 is 0 Å². The molecular formula is C13H16F4N4O. The maximum absolute atomic E-state index is 13.9. The molecule has 0 aromatic carbocycles. The summed E-state index contributed by atoms with van der Waals surface area (Å²) < 4.78 is 56.9. The van der Waals surface area contributed by atoms with E-state index in [2.05, 4.69) is 9.97 Å². The number of hydrogen-bond acceptors (Lipinski definition) is 5. The number of halogens is 4. The van der Waals surface area contributed by atoms with E-state index in [0.717, 1.165) is 19.0 Å². The van der Waals surface area contributed by atoms with E-state index in [9.17, 15) is 17.6 Å². The highest BCUT2D eigenvalue weighted by Gasteiger charge is 2.44. The summed E-state index contributed by atoms with van der Waals surface area (Å²) in [5.74, 6) is -0.273. The van der Waals surface area contributed by atoms with Gasteiger partial charge in [0.15, 0.2) is 17.7 Å². The van der Waals surface area contributed by atoms with E-state index in [1.807, 2.05) is 0 Å². The van der Waals surface area contributed by atoms with Crippen LogP contribution in [0.5, 0.6) is 0 Å². The molecule has 5 nitrogen and oxygen atoms in total. The number of nitrogens with zero attached hydrogens (tertiary/aromatic N) is 4. The lowest BCUT2D eigenvalue weighted by Crippen LogP contribution is -2.49. The molecule has 0 amide bonds. The molecule has 0 N–H and O–H groups in total. The monoisotopic (exact) mass is 320 g/mol. The van der Waals surface area contributed by atoms with Gasteiger partial charge in [-0.1, -0.05) is 0 Å². The van der Waals surface area contributed by atoms with Crippen molar-refractivity contribution in [3.05, 3.63) is 12.0 Å². The molecule has 1 aromatic rings. The van der Waals surface area contributed by atoms with E-state index in [4.69, 9.17) is 4.74 Å². The molecule has 2 saturated heterocycles. The third kappa shape index (κ3) is 3.08. The van der Waals surface area contributed by atoms with E-state index in [0.29, 0.717) is 13.1 Å². The van der Waals surface area contributed by atoms with Gasteiger partial charge in [-0.3, -0.25) is 0 Å². The van der Waals surface area contributed by atoms with Crippen LogP contribution in [0, 0.1) is 5.82 Å². The van der Waals surface area contributed by atoms with Gasteiger partial charge in [0.2, 0.25) is 5.95 Å². The minimum Gasteiger partial charge on any atom is -0.365 e. The second-order valence-electron chi connectivity index (χ2n) is 5.38. The zero-order chi connectivity index (χ0) is 15.7. The van der Waals surface area contributed by atoms with Crippen LogP contribution in [0.1, 0.15) is 12.8 Å². The second-order valence-corrected chi connectivity index (χ2v) is 5.38. The lowest BCUT2D eigenvalue weighted by Gasteiger charge is -2.34. The molecule has 0 radical (unpaired) electrons. The molecule has 2 aliphatic rings. The summed E-state index contributed by atoms with van der Waals surface area (Å²) in [5, 5.41) is 0. The van der Waals surface area contributed by atoms with E-state index < -0.39 is 18.1 Å². The highest BCUT2D eigenvalue weighted by molar-refractivity contribution is 5.46. The highest BCUT2D eigenvalue weighted by atomic mass is 19.4. The average molecular weight is 320 g/mol. The van der Waals surface area contributed by atoms with Gasteiger partial charge in [0.1, 0.15) is 0 Å². The molecule has 2 aliphatic heterocycles. The minimum absolute atomic E-state index is 0.0655. The summed E-state index contributed by atoms with van der Waals surface area (Å²) in [6.45, 7) is 1.19. The zero-order valence-corrected chi connectivity index (χ0v) is 11.8. The standard InChI is InChI=1S/C13H16F4N4O/c14-9-7-18-12(19-11(9)20-3-1-2-4-20)21-5-6-22-10(8-21)13(15,16)17/h7,10H,1-6,8H2. The molecule has 22 heavy (non-hydrogen) atoms. The van der Waals surface area contributed by atoms with Gasteiger partial charge in [0, 0.05) is 19.6 Å². The van der Waals surface area contributed by atoms with Crippen LogP contribution in [0.25, 0.3) is 0 Å². The third-order valence-corrected chi connectivity index (χ3v) is 3.83. The topological polar surface area (TPSA) is 41.5 Å². The first-order chi connectivity index (χ1) is 10.4. The first kappa shape index (κ1) is 15.3. The van der Waals surface area contributed by atoms with Gasteiger partial charge in [-0.2, -0.15) is 18.2 Å². The average Bonchev–Trinajstić information content (AvgIpc) is 3.01. The molecule has 3 rings (SSSR count). The van der Waals surface area contributed by atoms with Crippen LogP contribution in [0.15, 0.2) is 6.20 Å². The van der Waals surface area contributed by atoms with Crippen molar-refractivity contribution in [3.63, 3.8) is 0 Å². The van der Waals surface area contributed by atoms with Crippen molar-refractivity contribution in [2.24, 2.45) is 0 Å². The normalized spacial score (nSPS) is 23.2. The smallest absolute Gasteiger partial charge is 0.365 e. The lowest BCUT2D eigenvalue weighted by molar-refractivity contribution is -0.221. The predicted octanol–water partition coefficient (Wildman–Crippen LogP) is 1.98. The number of anilines is 2. The Hall–Kier alpha value is -1.64. The summed E-state index contributed by atoms with van der Waals surface area (Å²) in [6, 6.07) is 0. The number of hydrogen-bond donors (Lipinski definition) is 0. The van der Waals surface area contributed by atoms with Gasteiger partial charge in [0.05, 0.1) is 19.3 Å². The number of rotatable bonds is 2. The van der Waals surface area contributed by atoms with Crippen molar-refractivity contribution in [2.75, 3.05) is 42.6 Å². The van der Waals surface area contributed by atoms with E-state index >= 15 is 0 Å². The fraction of sp³-hybridized carbons (Fsp3) is 0.692. The van der Waals surface area contributed by atoms with Crippen LogP contribution in [-0.2, 0) is 4.74 Å². The Bertz CT molecular complexity index is 533. The summed E-state index contributed by atoms with van der Waals surface area (Å²) in [5.41, 5.74) is 0. The Kier molecular flexibility index (Phi) is 4.07. The summed E-state index contributed by atoms with van der Waals surface area (Å²) in [7, 11) is 0. The highest BCUT2D eigenvalue weighted by Crippen LogP contribution is 2.28. The number of ether oxygens (including phenoxy) is 1. The molecule has 0 saturated carbocycles. The molecular weight excluding hydrogens is 304 g/mol. The van der Waals surface area contributed by atoms with Crippen LogP contribution in [-0.4, -0.2) is 55.0 Å². The Morgan fingerprint density at radius 3 is 2.55 bits per heavy atom. The summed E-state index contributed by atoms with van der Waals surface area (Å²) >= 11 is 0. The molecule has 1 aromatic heterocycles. The van der Waals surface area contributed by atoms with Crippen LogP contribution in [0.4, 0.5) is 29.3 Å². The van der Waals surface area contributed by atoms with Gasteiger partial charge in [-0.15, -0.1) is 0 Å². The first-order valence-electron chi connectivity index (χ1n) is 7.16. The molecule has 3 heterocycles. The maximum Gasteiger partial charge on any atom is 0.416 e. The van der Waals surface area contributed by atoms with Gasteiger partial charge >= 0.3 is 6.18 Å². The van der Waals surface area contributed by atoms with Crippen molar-refractivity contribution in [1.29, 1.82) is 0 Å². The molecule has 1 atom stereocenters. The molecule has 0 aliphatic carbocycles. The SMILES string of the molecule is Fc1cnc(N2CCOC(C(F)(F)F)C2)nc1N1CCCC1. The van der Waals surface area contributed by atoms with Gasteiger partial charge < -0.3 is 14.5 Å². The number of aromatic nitrogens is 2. The Labute approximate surface area is 124 Å². The van der Waals surface area contributed by atoms with Crippen molar-refractivity contribution in [2.45, 2.75) is 25.1 Å². The maximum atomic E-state index is 13.9. The number of morpholine rings is 1. The molecule has 9 heteroatoms. The van der Waals surface area contributed by atoms with Gasteiger partial charge in [-0.25, -0.2) is 9.37 Å². The Balaban J connectivity index is 1.80. The fourth-order valence-corrected chi connectivity index (χ4v) is 2.68. The third-order valence-electron chi connectivity index (χ3n) is 3.83. The minimum atomic E-state index is -4.43. The molecule has 0 bridgehead atoms. The van der Waals surface area contributed by atoms with Gasteiger partial charge in [0.25, 0.3) is 0 Å². The molecule has 0 spiro atoms. The van der Waals surface area contributed by atoms with Crippen LogP contribution in [0.3, 0.4) is 0 Å². The fourth-order valence-electron chi connectivity index (χ4n) is 2.68. The summed E-state index contributed by atoms with van der Waals surface area (Å²) in [6.07, 6.45) is -3.38. The summed E-state index contributed by atoms with van der Waals surface area (Å²) in [4.78, 5) is 11.2. The second kappa shape index (κ2) is 5.86. The van der Waals surface area contributed by atoms with E-state index in [1.54, 1.807) is 4.90 Å². The molecule has 122 valence electrons. The quantitative estimate of drug-likeness (QED) is 0.780. The van der Waals surface area contributed by atoms with Crippen molar-refractivity contribution < 1.29 is 22.3 Å². The predicted molar refractivity (Wildman–Crippen MR) is 71.4 cm³/mol. The molecule has 2 fully saturated rings. The van der Waals surface area contributed by atoms with Crippen LogP contribution in [0.2, 0.25) is 0 Å². The van der Waals surface area contributed by atoms with Crippen molar-refractivity contribution in [3.8, 4) is 0 Å². The Morgan fingerprint density at radius 2 is 1.86 bits per heavy atom. The molecule has 1 unspecified atom stereocenters. The van der Waals surface area contributed by atoms with E-state index in [-0.39, 0.29) is 31.5 Å². The number of alkyl halides is 3. The van der Waals surface area contributed by atoms with E-state index in [1.165, 1.54) is 4.90 Å².